The Balaban J connectivity index is 1.30. The van der Waals surface area contributed by atoms with Crippen molar-refractivity contribution in [3.8, 4) is 5.75 Å². The lowest BCUT2D eigenvalue weighted by molar-refractivity contribution is -0.183. The Labute approximate surface area is 215 Å². The summed E-state index contributed by atoms with van der Waals surface area (Å²) in [6, 6.07) is 7.08. The zero-order valence-corrected chi connectivity index (χ0v) is 22.7. The molecule has 0 N–H and O–H groups in total. The van der Waals surface area contributed by atoms with E-state index >= 15 is 0 Å². The van der Waals surface area contributed by atoms with E-state index in [0.717, 1.165) is 44.9 Å². The van der Waals surface area contributed by atoms with Crippen LogP contribution in [0.15, 0.2) is 24.3 Å². The third-order valence-electron chi connectivity index (χ3n) is 11.0. The van der Waals surface area contributed by atoms with E-state index in [1.807, 2.05) is 0 Å². The third-order valence-corrected chi connectivity index (χ3v) is 11.3. The maximum absolute atomic E-state index is 13.3. The van der Waals surface area contributed by atoms with Gasteiger partial charge in [0.05, 0.1) is 0 Å². The number of hydrogen-bond acceptors (Lipinski definition) is 4. The summed E-state index contributed by atoms with van der Waals surface area (Å²) >= 11 is 5.99. The van der Waals surface area contributed by atoms with Gasteiger partial charge in [-0.05, 0) is 112 Å². The van der Waals surface area contributed by atoms with E-state index in [1.54, 1.807) is 38.1 Å². The molecule has 0 bridgehead atoms. The maximum Gasteiger partial charge on any atom is 0.350 e. The molecule has 192 valence electrons. The number of Topliss-reactive ketones (excluding diaryl/α,β-unsaturated/α-hetero) is 1. The van der Waals surface area contributed by atoms with Crippen molar-refractivity contribution in [3.05, 3.63) is 29.3 Å². The molecule has 1 aromatic carbocycles. The van der Waals surface area contributed by atoms with Crippen LogP contribution in [0.3, 0.4) is 0 Å². The quantitative estimate of drug-likeness (QED) is 0.404. The van der Waals surface area contributed by atoms with Crippen LogP contribution in [0.1, 0.15) is 92.4 Å². The van der Waals surface area contributed by atoms with Crippen LogP contribution in [0.4, 0.5) is 0 Å². The van der Waals surface area contributed by atoms with Gasteiger partial charge in [0.2, 0.25) is 0 Å². The Kier molecular flexibility index (Phi) is 6.10. The number of ether oxygens (including phenoxy) is 2. The fraction of sp³-hybridized carbons (Fsp3) is 0.733. The minimum absolute atomic E-state index is 0.0156. The SMILES string of the molecule is CC(C)(Oc1ccc(Cl)cc1)C(=O)OC1CCC2C3CC[C@@]4(C)CC(=O)CC[C@]4(C)C3CC[C@]12C. The van der Waals surface area contributed by atoms with Crippen LogP contribution in [0.25, 0.3) is 0 Å². The van der Waals surface area contributed by atoms with Crippen LogP contribution in [0.5, 0.6) is 5.75 Å². The van der Waals surface area contributed by atoms with Gasteiger partial charge in [0, 0.05) is 23.3 Å². The van der Waals surface area contributed by atoms with Gasteiger partial charge in [0.1, 0.15) is 17.6 Å². The molecule has 35 heavy (non-hydrogen) atoms. The molecule has 0 aromatic heterocycles. The van der Waals surface area contributed by atoms with E-state index in [9.17, 15) is 9.59 Å². The van der Waals surface area contributed by atoms with Gasteiger partial charge in [-0.25, -0.2) is 4.79 Å². The Morgan fingerprint density at radius 1 is 0.971 bits per heavy atom. The molecule has 0 amide bonds. The lowest BCUT2D eigenvalue weighted by Crippen LogP contribution is -2.58. The number of carbonyl (C=O) groups excluding carboxylic acids is 2. The average Bonchev–Trinajstić information content (AvgIpc) is 3.12. The second-order valence-corrected chi connectivity index (χ2v) is 13.6. The highest BCUT2D eigenvalue weighted by molar-refractivity contribution is 6.30. The average molecular weight is 501 g/mol. The molecule has 1 aromatic rings. The maximum atomic E-state index is 13.3. The number of benzene rings is 1. The van der Waals surface area contributed by atoms with Crippen molar-refractivity contribution in [1.82, 2.24) is 0 Å². The normalized spacial score (nSPS) is 40.9. The first-order chi connectivity index (χ1) is 16.4. The Hall–Kier alpha value is -1.55. The molecule has 5 heteroatoms. The van der Waals surface area contributed by atoms with Gasteiger partial charge in [0.25, 0.3) is 0 Å². The fourth-order valence-electron chi connectivity index (χ4n) is 8.66. The van der Waals surface area contributed by atoms with Crippen molar-refractivity contribution in [3.63, 3.8) is 0 Å². The summed E-state index contributed by atoms with van der Waals surface area (Å²) in [5.41, 5.74) is -0.672. The van der Waals surface area contributed by atoms with E-state index in [1.165, 1.54) is 12.8 Å². The lowest BCUT2D eigenvalue weighted by atomic mass is 9.40. The summed E-state index contributed by atoms with van der Waals surface area (Å²) in [6.07, 6.45) is 9.17. The number of rotatable bonds is 4. The molecule has 4 nitrogen and oxygen atoms in total. The molecule has 7 atom stereocenters. The van der Waals surface area contributed by atoms with E-state index in [4.69, 9.17) is 21.1 Å². The first-order valence-electron chi connectivity index (χ1n) is 13.6. The van der Waals surface area contributed by atoms with Crippen LogP contribution in [-0.4, -0.2) is 23.5 Å². The highest BCUT2D eigenvalue weighted by Crippen LogP contribution is 2.69. The molecule has 4 saturated carbocycles. The van der Waals surface area contributed by atoms with Crippen LogP contribution in [0, 0.1) is 34.0 Å². The topological polar surface area (TPSA) is 52.6 Å². The highest BCUT2D eigenvalue weighted by Gasteiger charge is 2.64. The van der Waals surface area contributed by atoms with Gasteiger partial charge >= 0.3 is 5.97 Å². The van der Waals surface area contributed by atoms with Gasteiger partial charge < -0.3 is 9.47 Å². The fourth-order valence-corrected chi connectivity index (χ4v) is 8.78. The van der Waals surface area contributed by atoms with E-state index in [0.29, 0.717) is 34.3 Å². The molecule has 4 unspecified atom stereocenters. The second-order valence-electron chi connectivity index (χ2n) is 13.2. The van der Waals surface area contributed by atoms with Gasteiger partial charge in [-0.3, -0.25) is 4.79 Å². The number of esters is 1. The molecule has 0 radical (unpaired) electrons. The smallest absolute Gasteiger partial charge is 0.350 e. The zero-order chi connectivity index (χ0) is 25.2. The number of hydrogen-bond donors (Lipinski definition) is 0. The largest absolute Gasteiger partial charge is 0.476 e. The molecule has 0 heterocycles. The van der Waals surface area contributed by atoms with Gasteiger partial charge in [-0.15, -0.1) is 0 Å². The van der Waals surface area contributed by atoms with Crippen LogP contribution < -0.4 is 4.74 Å². The van der Waals surface area contributed by atoms with Crippen LogP contribution in [-0.2, 0) is 14.3 Å². The van der Waals surface area contributed by atoms with Crippen molar-refractivity contribution in [2.24, 2.45) is 34.0 Å². The van der Waals surface area contributed by atoms with Crippen LogP contribution in [0.2, 0.25) is 5.02 Å². The van der Waals surface area contributed by atoms with Crippen molar-refractivity contribution >= 4 is 23.4 Å². The molecule has 4 fully saturated rings. The monoisotopic (exact) mass is 500 g/mol. The number of fused-ring (bicyclic) bond motifs is 5. The minimum Gasteiger partial charge on any atom is -0.476 e. The highest BCUT2D eigenvalue weighted by atomic mass is 35.5. The molecule has 0 aliphatic heterocycles. The summed E-state index contributed by atoms with van der Waals surface area (Å²) in [7, 11) is 0. The van der Waals surface area contributed by atoms with Crippen molar-refractivity contribution < 1.29 is 19.1 Å². The summed E-state index contributed by atoms with van der Waals surface area (Å²) in [4.78, 5) is 25.6. The van der Waals surface area contributed by atoms with Crippen LogP contribution >= 0.6 is 11.6 Å². The molecule has 5 rings (SSSR count). The molecular formula is C30H41ClO4. The Morgan fingerprint density at radius 3 is 2.40 bits per heavy atom. The van der Waals surface area contributed by atoms with Gasteiger partial charge in [0.15, 0.2) is 5.60 Å². The molecule has 4 aliphatic rings. The zero-order valence-electron chi connectivity index (χ0n) is 22.0. The molecule has 4 aliphatic carbocycles. The predicted octanol–water partition coefficient (Wildman–Crippen LogP) is 7.41. The number of ketones is 1. The van der Waals surface area contributed by atoms with Crippen molar-refractivity contribution in [1.29, 1.82) is 0 Å². The van der Waals surface area contributed by atoms with Gasteiger partial charge in [-0.2, -0.15) is 0 Å². The first kappa shape index (κ1) is 25.1. The van der Waals surface area contributed by atoms with Gasteiger partial charge in [-0.1, -0.05) is 32.4 Å². The summed E-state index contributed by atoms with van der Waals surface area (Å²) in [6.45, 7) is 10.8. The Bertz CT molecular complexity index is 1000. The Morgan fingerprint density at radius 2 is 1.69 bits per heavy atom. The number of carbonyl (C=O) groups is 2. The molecular weight excluding hydrogens is 460 g/mol. The minimum atomic E-state index is -1.08. The third kappa shape index (κ3) is 4.03. The predicted molar refractivity (Wildman–Crippen MR) is 137 cm³/mol. The standard InChI is InChI=1S/C30H41ClO4/c1-27(2,35-21-8-6-19(31)7-9-21)26(33)34-25-11-10-23-22-13-15-28(3)18-20(32)12-17-30(28,5)24(22)14-16-29(23,25)4/h6-9,22-25H,10-18H2,1-5H3/t22?,23?,24?,25?,28-,29-,30+/m0/s1. The van der Waals surface area contributed by atoms with Crippen molar-refractivity contribution in [2.45, 2.75) is 104 Å². The molecule has 0 spiro atoms. The number of halogens is 1. The van der Waals surface area contributed by atoms with Crippen molar-refractivity contribution in [2.75, 3.05) is 0 Å². The summed E-state index contributed by atoms with van der Waals surface area (Å²) in [5.74, 6) is 2.69. The van der Waals surface area contributed by atoms with E-state index < -0.39 is 5.60 Å². The second kappa shape index (κ2) is 8.50. The lowest BCUT2D eigenvalue weighted by Gasteiger charge is -2.64. The first-order valence-corrected chi connectivity index (χ1v) is 13.9. The van der Waals surface area contributed by atoms with E-state index in [-0.39, 0.29) is 28.3 Å². The van der Waals surface area contributed by atoms with E-state index in [2.05, 4.69) is 20.8 Å². The summed E-state index contributed by atoms with van der Waals surface area (Å²) < 4.78 is 12.3. The molecule has 0 saturated heterocycles. The summed E-state index contributed by atoms with van der Waals surface area (Å²) in [5, 5.41) is 0.634.